The summed E-state index contributed by atoms with van der Waals surface area (Å²) in [6.45, 7) is 3.81. The van der Waals surface area contributed by atoms with Gasteiger partial charge in [0.25, 0.3) is 0 Å². The van der Waals surface area contributed by atoms with Gasteiger partial charge in [0.15, 0.2) is 0 Å². The number of nitrogens with zero attached hydrogens (tertiary/aromatic N) is 1. The van der Waals surface area contributed by atoms with E-state index in [4.69, 9.17) is 11.6 Å². The molecule has 14 heavy (non-hydrogen) atoms. The summed E-state index contributed by atoms with van der Waals surface area (Å²) in [6.07, 6.45) is 0. The quantitative estimate of drug-likeness (QED) is 0.720. The van der Waals surface area contributed by atoms with Crippen LogP contribution < -0.4 is 0 Å². The van der Waals surface area contributed by atoms with E-state index in [2.05, 4.69) is 4.98 Å². The Morgan fingerprint density at radius 2 is 1.93 bits per heavy atom. The Balaban J connectivity index is 2.94. The molecular formula is C11H10ClNO. The molecule has 0 bridgehead atoms. The van der Waals surface area contributed by atoms with Crippen LogP contribution in [0.5, 0.6) is 5.75 Å². The number of aromatic nitrogens is 1. The monoisotopic (exact) mass is 207 g/mol. The van der Waals surface area contributed by atoms with Gasteiger partial charge in [0.05, 0.1) is 10.5 Å². The van der Waals surface area contributed by atoms with Crippen molar-refractivity contribution in [3.8, 4) is 5.75 Å². The second-order valence-electron chi connectivity index (χ2n) is 3.40. The van der Waals surface area contributed by atoms with Gasteiger partial charge < -0.3 is 5.11 Å². The van der Waals surface area contributed by atoms with Crippen LogP contribution in [0.25, 0.3) is 10.9 Å². The zero-order valence-electron chi connectivity index (χ0n) is 8.00. The molecule has 0 fully saturated rings. The molecule has 2 nitrogen and oxygen atoms in total. The summed E-state index contributed by atoms with van der Waals surface area (Å²) in [5.74, 6) is 0.225. The zero-order valence-corrected chi connectivity index (χ0v) is 8.76. The molecule has 1 N–H and O–H groups in total. The van der Waals surface area contributed by atoms with Crippen LogP contribution in [-0.4, -0.2) is 10.1 Å². The fraction of sp³-hybridized carbons (Fsp3) is 0.182. The summed E-state index contributed by atoms with van der Waals surface area (Å²) in [5, 5.41) is 10.9. The largest absolute Gasteiger partial charge is 0.508 e. The first kappa shape index (κ1) is 9.28. The van der Waals surface area contributed by atoms with Crippen molar-refractivity contribution in [3.05, 3.63) is 34.5 Å². The normalized spacial score (nSPS) is 10.8. The molecule has 2 rings (SSSR count). The van der Waals surface area contributed by atoms with E-state index in [1.54, 1.807) is 18.2 Å². The molecule has 0 spiro atoms. The third kappa shape index (κ3) is 1.42. The molecule has 0 atom stereocenters. The van der Waals surface area contributed by atoms with Crippen molar-refractivity contribution in [2.45, 2.75) is 13.8 Å². The summed E-state index contributed by atoms with van der Waals surface area (Å²) in [7, 11) is 0. The van der Waals surface area contributed by atoms with Crippen molar-refractivity contribution in [1.82, 2.24) is 4.98 Å². The lowest BCUT2D eigenvalue weighted by Gasteiger charge is -2.05. The van der Waals surface area contributed by atoms with Crippen LogP contribution in [0.4, 0.5) is 0 Å². The van der Waals surface area contributed by atoms with Crippen LogP contribution in [0.1, 0.15) is 11.3 Å². The molecule has 2 aromatic rings. The second-order valence-corrected chi connectivity index (χ2v) is 3.81. The molecule has 0 saturated carbocycles. The molecule has 1 aromatic carbocycles. The van der Waals surface area contributed by atoms with E-state index in [0.29, 0.717) is 5.02 Å². The molecule has 0 amide bonds. The smallest absolute Gasteiger partial charge is 0.116 e. The minimum Gasteiger partial charge on any atom is -0.508 e. The maximum Gasteiger partial charge on any atom is 0.116 e. The van der Waals surface area contributed by atoms with E-state index in [9.17, 15) is 5.11 Å². The fourth-order valence-corrected chi connectivity index (χ4v) is 1.86. The predicted molar refractivity (Wildman–Crippen MR) is 57.9 cm³/mol. The highest BCUT2D eigenvalue weighted by molar-refractivity contribution is 6.35. The minimum absolute atomic E-state index is 0.225. The maximum absolute atomic E-state index is 9.42. The first-order valence-electron chi connectivity index (χ1n) is 4.34. The Morgan fingerprint density at radius 3 is 2.64 bits per heavy atom. The van der Waals surface area contributed by atoms with Gasteiger partial charge in [0.1, 0.15) is 5.75 Å². The lowest BCUT2D eigenvalue weighted by atomic mass is 10.1. The molecule has 0 aliphatic carbocycles. The SMILES string of the molecule is Cc1cc(Cl)c2cc(O)cc(C)c2n1. The molecule has 1 heterocycles. The highest BCUT2D eigenvalue weighted by atomic mass is 35.5. The van der Waals surface area contributed by atoms with E-state index < -0.39 is 0 Å². The van der Waals surface area contributed by atoms with Gasteiger partial charge in [-0.15, -0.1) is 0 Å². The number of hydrogen-bond donors (Lipinski definition) is 1. The Bertz CT molecular complexity index is 461. The summed E-state index contributed by atoms with van der Waals surface area (Å²) in [5.41, 5.74) is 2.68. The number of hydrogen-bond acceptors (Lipinski definition) is 2. The van der Waals surface area contributed by atoms with E-state index in [1.807, 2.05) is 13.8 Å². The Morgan fingerprint density at radius 1 is 1.21 bits per heavy atom. The second kappa shape index (κ2) is 3.14. The highest BCUT2D eigenvalue weighted by Gasteiger charge is 2.06. The van der Waals surface area contributed by atoms with Crippen molar-refractivity contribution >= 4 is 22.5 Å². The number of phenols is 1. The van der Waals surface area contributed by atoms with Crippen LogP contribution in [0.3, 0.4) is 0 Å². The lowest BCUT2D eigenvalue weighted by Crippen LogP contribution is -1.87. The van der Waals surface area contributed by atoms with Crippen LogP contribution in [0.15, 0.2) is 18.2 Å². The highest BCUT2D eigenvalue weighted by Crippen LogP contribution is 2.28. The summed E-state index contributed by atoms with van der Waals surface area (Å²) in [4.78, 5) is 4.38. The van der Waals surface area contributed by atoms with Crippen molar-refractivity contribution in [1.29, 1.82) is 0 Å². The third-order valence-electron chi connectivity index (χ3n) is 2.17. The summed E-state index contributed by atoms with van der Waals surface area (Å²) < 4.78 is 0. The van der Waals surface area contributed by atoms with Gasteiger partial charge in [-0.25, -0.2) is 0 Å². The molecule has 3 heteroatoms. The van der Waals surface area contributed by atoms with Gasteiger partial charge in [-0.3, -0.25) is 4.98 Å². The van der Waals surface area contributed by atoms with Gasteiger partial charge in [0, 0.05) is 11.1 Å². The lowest BCUT2D eigenvalue weighted by molar-refractivity contribution is 0.476. The first-order chi connectivity index (χ1) is 6.58. The fourth-order valence-electron chi connectivity index (χ4n) is 1.56. The van der Waals surface area contributed by atoms with E-state index >= 15 is 0 Å². The van der Waals surface area contributed by atoms with Crippen molar-refractivity contribution in [2.24, 2.45) is 0 Å². The topological polar surface area (TPSA) is 33.1 Å². The van der Waals surface area contributed by atoms with Crippen molar-refractivity contribution in [3.63, 3.8) is 0 Å². The van der Waals surface area contributed by atoms with Gasteiger partial charge in [-0.05, 0) is 37.6 Å². The number of aryl methyl sites for hydroxylation is 2. The minimum atomic E-state index is 0.225. The Labute approximate surface area is 87.2 Å². The summed E-state index contributed by atoms with van der Waals surface area (Å²) in [6, 6.07) is 5.12. The number of aromatic hydroxyl groups is 1. The number of rotatable bonds is 0. The Kier molecular flexibility index (Phi) is 2.08. The average Bonchev–Trinajstić information content (AvgIpc) is 2.07. The molecule has 0 unspecified atom stereocenters. The van der Waals surface area contributed by atoms with Gasteiger partial charge in [-0.1, -0.05) is 11.6 Å². The third-order valence-corrected chi connectivity index (χ3v) is 2.48. The molecule has 0 aliphatic heterocycles. The maximum atomic E-state index is 9.42. The number of fused-ring (bicyclic) bond motifs is 1. The first-order valence-corrected chi connectivity index (χ1v) is 4.72. The molecule has 72 valence electrons. The van der Waals surface area contributed by atoms with E-state index in [-0.39, 0.29) is 5.75 Å². The number of phenolic OH excluding ortho intramolecular Hbond substituents is 1. The van der Waals surface area contributed by atoms with Crippen molar-refractivity contribution in [2.75, 3.05) is 0 Å². The number of pyridine rings is 1. The molecular weight excluding hydrogens is 198 g/mol. The standard InChI is InChI=1S/C11H10ClNO/c1-6-3-8(14)5-9-10(12)4-7(2)13-11(6)9/h3-5,14H,1-2H3. The van der Waals surface area contributed by atoms with Gasteiger partial charge >= 0.3 is 0 Å². The van der Waals surface area contributed by atoms with Crippen LogP contribution in [0.2, 0.25) is 5.02 Å². The Hall–Kier alpha value is -1.28. The predicted octanol–water partition coefficient (Wildman–Crippen LogP) is 3.21. The van der Waals surface area contributed by atoms with Crippen LogP contribution >= 0.6 is 11.6 Å². The molecule has 1 aromatic heterocycles. The van der Waals surface area contributed by atoms with E-state index in [0.717, 1.165) is 22.2 Å². The molecule has 0 aliphatic rings. The van der Waals surface area contributed by atoms with Crippen LogP contribution in [0, 0.1) is 13.8 Å². The van der Waals surface area contributed by atoms with Gasteiger partial charge in [-0.2, -0.15) is 0 Å². The van der Waals surface area contributed by atoms with Crippen molar-refractivity contribution < 1.29 is 5.11 Å². The molecule has 0 saturated heterocycles. The number of benzene rings is 1. The average molecular weight is 208 g/mol. The summed E-state index contributed by atoms with van der Waals surface area (Å²) >= 11 is 6.06. The van der Waals surface area contributed by atoms with Crippen LogP contribution in [-0.2, 0) is 0 Å². The molecule has 0 radical (unpaired) electrons. The van der Waals surface area contributed by atoms with Gasteiger partial charge in [0.2, 0.25) is 0 Å². The van der Waals surface area contributed by atoms with E-state index in [1.165, 1.54) is 0 Å². The number of halogens is 1. The zero-order chi connectivity index (χ0) is 10.3.